The number of aromatic nitrogens is 2. The number of piperidine rings is 1. The lowest BCUT2D eigenvalue weighted by Gasteiger charge is -2.32. The second kappa shape index (κ2) is 7.43. The second-order valence-electron chi connectivity index (χ2n) is 7.56. The molecular formula is C22H26N4O. The van der Waals surface area contributed by atoms with Crippen LogP contribution in [0.3, 0.4) is 0 Å². The number of nitrogens with zero attached hydrogens (tertiary/aromatic N) is 4. The Labute approximate surface area is 160 Å². The number of para-hydroxylation sites is 2. The van der Waals surface area contributed by atoms with E-state index in [-0.39, 0.29) is 5.91 Å². The van der Waals surface area contributed by atoms with Crippen LogP contribution in [0.5, 0.6) is 0 Å². The van der Waals surface area contributed by atoms with E-state index in [1.165, 1.54) is 5.52 Å². The minimum absolute atomic E-state index is 0.145. The van der Waals surface area contributed by atoms with E-state index < -0.39 is 0 Å². The number of hydrogen-bond donors (Lipinski definition) is 0. The number of benzene rings is 2. The van der Waals surface area contributed by atoms with Crippen LogP contribution >= 0.6 is 0 Å². The van der Waals surface area contributed by atoms with Gasteiger partial charge < -0.3 is 14.4 Å². The minimum atomic E-state index is 0.145. The molecule has 3 aromatic rings. The first-order valence-corrected chi connectivity index (χ1v) is 9.58. The molecule has 0 unspecified atom stereocenters. The Balaban J connectivity index is 1.36. The largest absolute Gasteiger partial charge is 0.378 e. The van der Waals surface area contributed by atoms with Crippen molar-refractivity contribution in [3.05, 3.63) is 60.4 Å². The lowest BCUT2D eigenvalue weighted by atomic mass is 9.96. The summed E-state index contributed by atoms with van der Waals surface area (Å²) in [6.45, 7) is 2.62. The number of fused-ring (bicyclic) bond motifs is 1. The quantitative estimate of drug-likeness (QED) is 0.711. The van der Waals surface area contributed by atoms with Gasteiger partial charge in [-0.1, -0.05) is 12.1 Å². The number of carbonyl (C=O) groups excluding carboxylic acids is 1. The highest BCUT2D eigenvalue weighted by atomic mass is 16.2. The van der Waals surface area contributed by atoms with Gasteiger partial charge in [-0.3, -0.25) is 4.79 Å². The van der Waals surface area contributed by atoms with Crippen LogP contribution in [-0.4, -0.2) is 47.5 Å². The van der Waals surface area contributed by atoms with Gasteiger partial charge in [-0.25, -0.2) is 4.98 Å². The van der Waals surface area contributed by atoms with Crippen molar-refractivity contribution >= 4 is 22.6 Å². The Morgan fingerprint density at radius 1 is 1.07 bits per heavy atom. The molecule has 1 aliphatic rings. The molecule has 1 aliphatic heterocycles. The molecule has 1 aromatic heterocycles. The van der Waals surface area contributed by atoms with Crippen molar-refractivity contribution in [3.63, 3.8) is 0 Å². The van der Waals surface area contributed by atoms with Gasteiger partial charge in [-0.2, -0.15) is 0 Å². The number of rotatable bonds is 4. The fourth-order valence-corrected chi connectivity index (χ4v) is 3.84. The Morgan fingerprint density at radius 2 is 1.78 bits per heavy atom. The maximum atomic E-state index is 12.8. The molecule has 2 aromatic carbocycles. The van der Waals surface area contributed by atoms with Gasteiger partial charge in [0.1, 0.15) is 0 Å². The van der Waals surface area contributed by atoms with E-state index in [0.29, 0.717) is 5.92 Å². The van der Waals surface area contributed by atoms with Crippen LogP contribution in [0.15, 0.2) is 54.9 Å². The number of imidazole rings is 1. The predicted octanol–water partition coefficient (Wildman–Crippen LogP) is 3.65. The summed E-state index contributed by atoms with van der Waals surface area (Å²) in [5.41, 5.74) is 4.13. The van der Waals surface area contributed by atoms with E-state index >= 15 is 0 Å². The van der Waals surface area contributed by atoms with E-state index in [2.05, 4.69) is 27.8 Å². The van der Waals surface area contributed by atoms with Gasteiger partial charge in [0, 0.05) is 45.0 Å². The summed E-state index contributed by atoms with van der Waals surface area (Å²) in [4.78, 5) is 21.3. The zero-order chi connectivity index (χ0) is 18.8. The van der Waals surface area contributed by atoms with Crippen LogP contribution < -0.4 is 4.90 Å². The first-order chi connectivity index (χ1) is 13.1. The van der Waals surface area contributed by atoms with Crippen LogP contribution in [0.1, 0.15) is 23.2 Å². The van der Waals surface area contributed by atoms with E-state index in [9.17, 15) is 4.79 Å². The van der Waals surface area contributed by atoms with E-state index in [4.69, 9.17) is 0 Å². The third kappa shape index (κ3) is 3.68. The molecule has 0 aliphatic carbocycles. The summed E-state index contributed by atoms with van der Waals surface area (Å²) in [5, 5.41) is 0. The van der Waals surface area contributed by atoms with E-state index in [1.807, 2.05) is 60.6 Å². The fourth-order valence-electron chi connectivity index (χ4n) is 3.84. The van der Waals surface area contributed by atoms with Crippen molar-refractivity contribution in [1.82, 2.24) is 14.5 Å². The van der Waals surface area contributed by atoms with E-state index in [0.717, 1.165) is 49.2 Å². The molecule has 2 heterocycles. The molecule has 0 bridgehead atoms. The molecule has 0 radical (unpaired) electrons. The molecule has 0 saturated carbocycles. The topological polar surface area (TPSA) is 41.4 Å². The predicted molar refractivity (Wildman–Crippen MR) is 109 cm³/mol. The van der Waals surface area contributed by atoms with Crippen LogP contribution in [0.4, 0.5) is 5.69 Å². The Kier molecular flexibility index (Phi) is 4.84. The highest BCUT2D eigenvalue weighted by Crippen LogP contribution is 2.23. The van der Waals surface area contributed by atoms with Crippen molar-refractivity contribution in [2.45, 2.75) is 19.4 Å². The third-order valence-electron chi connectivity index (χ3n) is 5.51. The zero-order valence-corrected chi connectivity index (χ0v) is 16.0. The molecule has 1 amide bonds. The van der Waals surface area contributed by atoms with Crippen molar-refractivity contribution in [2.24, 2.45) is 5.92 Å². The van der Waals surface area contributed by atoms with Gasteiger partial charge in [0.2, 0.25) is 0 Å². The average Bonchev–Trinajstić information content (AvgIpc) is 3.11. The highest BCUT2D eigenvalue weighted by Gasteiger charge is 2.24. The number of hydrogen-bond acceptors (Lipinski definition) is 3. The number of amides is 1. The molecule has 27 heavy (non-hydrogen) atoms. The van der Waals surface area contributed by atoms with Gasteiger partial charge in [-0.05, 0) is 55.2 Å². The molecule has 1 fully saturated rings. The molecule has 4 rings (SSSR count). The normalized spacial score (nSPS) is 15.3. The monoisotopic (exact) mass is 362 g/mol. The maximum absolute atomic E-state index is 12.8. The summed E-state index contributed by atoms with van der Waals surface area (Å²) in [7, 11) is 4.01. The second-order valence-corrected chi connectivity index (χ2v) is 7.56. The number of anilines is 1. The van der Waals surface area contributed by atoms with Gasteiger partial charge in [0.05, 0.1) is 17.4 Å². The Hall–Kier alpha value is -2.82. The summed E-state index contributed by atoms with van der Waals surface area (Å²) in [6, 6.07) is 16.1. The molecule has 5 nitrogen and oxygen atoms in total. The van der Waals surface area contributed by atoms with Crippen LogP contribution in [0, 0.1) is 5.92 Å². The molecule has 0 spiro atoms. The molecule has 5 heteroatoms. The molecule has 1 saturated heterocycles. The summed E-state index contributed by atoms with van der Waals surface area (Å²) in [5.74, 6) is 0.731. The van der Waals surface area contributed by atoms with Crippen LogP contribution in [-0.2, 0) is 6.54 Å². The molecule has 0 N–H and O–H groups in total. The molecular weight excluding hydrogens is 336 g/mol. The van der Waals surface area contributed by atoms with Crippen LogP contribution in [0.2, 0.25) is 0 Å². The van der Waals surface area contributed by atoms with Crippen LogP contribution in [0.25, 0.3) is 11.0 Å². The molecule has 140 valence electrons. The van der Waals surface area contributed by atoms with Crippen molar-refractivity contribution in [1.29, 1.82) is 0 Å². The fraction of sp³-hybridized carbons (Fsp3) is 0.364. The highest BCUT2D eigenvalue weighted by molar-refractivity contribution is 5.94. The van der Waals surface area contributed by atoms with Crippen molar-refractivity contribution < 1.29 is 4.79 Å². The zero-order valence-electron chi connectivity index (χ0n) is 16.0. The Morgan fingerprint density at radius 3 is 2.48 bits per heavy atom. The first kappa shape index (κ1) is 17.6. The minimum Gasteiger partial charge on any atom is -0.378 e. The standard InChI is InChI=1S/C22H26N4O/c1-24(2)19-9-7-18(8-10-19)22(27)25-13-11-17(12-14-25)15-26-16-23-20-5-3-4-6-21(20)26/h3-10,16-17H,11-15H2,1-2H3. The lowest BCUT2D eigenvalue weighted by molar-refractivity contribution is 0.0683. The first-order valence-electron chi connectivity index (χ1n) is 9.58. The number of likely N-dealkylation sites (tertiary alicyclic amines) is 1. The van der Waals surface area contributed by atoms with Crippen molar-refractivity contribution in [2.75, 3.05) is 32.1 Å². The summed E-state index contributed by atoms with van der Waals surface area (Å²) >= 11 is 0. The summed E-state index contributed by atoms with van der Waals surface area (Å²) in [6.07, 6.45) is 4.01. The van der Waals surface area contributed by atoms with Gasteiger partial charge in [0.25, 0.3) is 5.91 Å². The lowest BCUT2D eigenvalue weighted by Crippen LogP contribution is -2.39. The third-order valence-corrected chi connectivity index (χ3v) is 5.51. The van der Waals surface area contributed by atoms with Gasteiger partial charge in [-0.15, -0.1) is 0 Å². The van der Waals surface area contributed by atoms with Crippen molar-refractivity contribution in [3.8, 4) is 0 Å². The van der Waals surface area contributed by atoms with Gasteiger partial charge in [0.15, 0.2) is 0 Å². The smallest absolute Gasteiger partial charge is 0.253 e. The van der Waals surface area contributed by atoms with Gasteiger partial charge >= 0.3 is 0 Å². The van der Waals surface area contributed by atoms with E-state index in [1.54, 1.807) is 0 Å². The summed E-state index contributed by atoms with van der Waals surface area (Å²) < 4.78 is 2.25. The Bertz CT molecular complexity index is 921. The molecule has 0 atom stereocenters. The maximum Gasteiger partial charge on any atom is 0.253 e. The average molecular weight is 362 g/mol. The SMILES string of the molecule is CN(C)c1ccc(C(=O)N2CCC(Cn3cnc4ccccc43)CC2)cc1. The number of carbonyl (C=O) groups is 1.